The Balaban J connectivity index is 0.000000360. The molecule has 0 atom stereocenters. The number of aromatic nitrogens is 3. The highest BCUT2D eigenvalue weighted by Gasteiger charge is 1.73. The Kier molecular flexibility index (Phi) is 1.80. The summed E-state index contributed by atoms with van der Waals surface area (Å²) in [5, 5.41) is 14.6. The van der Waals surface area contributed by atoms with Gasteiger partial charge in [0.05, 0.1) is 12.4 Å². The lowest BCUT2D eigenvalue weighted by molar-refractivity contribution is 0.143. The average molecular weight is 103 g/mol. The standard InChI is InChI=1S/C2H3N3O.H2O/c6-5-2-1-3-4-5;/h1-2,6H;1H2. The molecule has 1 heterocycles. The van der Waals surface area contributed by atoms with Gasteiger partial charge in [-0.1, -0.05) is 4.85 Å². The van der Waals surface area contributed by atoms with Crippen molar-refractivity contribution in [2.45, 2.75) is 0 Å². The van der Waals surface area contributed by atoms with Crippen LogP contribution in [0, 0.1) is 0 Å². The Bertz CT molecular complexity index is 114. The molecule has 0 fully saturated rings. The predicted octanol–water partition coefficient (Wildman–Crippen LogP) is -1.31. The van der Waals surface area contributed by atoms with Crippen molar-refractivity contribution in [1.82, 2.24) is 15.2 Å². The van der Waals surface area contributed by atoms with Crippen LogP contribution in [-0.4, -0.2) is 25.8 Å². The third kappa shape index (κ3) is 1.18. The van der Waals surface area contributed by atoms with E-state index < -0.39 is 0 Å². The molecule has 0 aliphatic carbocycles. The molecule has 0 aliphatic heterocycles. The molecule has 40 valence electrons. The summed E-state index contributed by atoms with van der Waals surface area (Å²) in [4.78, 5) is 0.639. The zero-order valence-electron chi connectivity index (χ0n) is 3.44. The zero-order valence-corrected chi connectivity index (χ0v) is 3.44. The molecule has 7 heavy (non-hydrogen) atoms. The van der Waals surface area contributed by atoms with Crippen molar-refractivity contribution in [3.63, 3.8) is 0 Å². The fourth-order valence-electron chi connectivity index (χ4n) is 0.202. The van der Waals surface area contributed by atoms with Gasteiger partial charge < -0.3 is 10.7 Å². The minimum absolute atomic E-state index is 0. The van der Waals surface area contributed by atoms with Gasteiger partial charge in [-0.15, -0.1) is 5.10 Å². The molecule has 5 heteroatoms. The van der Waals surface area contributed by atoms with Crippen LogP contribution in [0.1, 0.15) is 0 Å². The van der Waals surface area contributed by atoms with E-state index in [9.17, 15) is 0 Å². The highest BCUT2D eigenvalue weighted by molar-refractivity contribution is 4.57. The summed E-state index contributed by atoms with van der Waals surface area (Å²) in [6.07, 6.45) is 2.72. The first-order chi connectivity index (χ1) is 2.89. The number of hydrogen-bond acceptors (Lipinski definition) is 3. The molecule has 0 aliphatic rings. The van der Waals surface area contributed by atoms with Crippen molar-refractivity contribution >= 4 is 0 Å². The fraction of sp³-hybridized carbons (Fsp3) is 0. The largest absolute Gasteiger partial charge is 0.412 e. The zero-order chi connectivity index (χ0) is 4.41. The molecule has 0 aromatic carbocycles. The van der Waals surface area contributed by atoms with Crippen LogP contribution < -0.4 is 0 Å². The summed E-state index contributed by atoms with van der Waals surface area (Å²) in [6, 6.07) is 0. The molecule has 0 saturated heterocycles. The van der Waals surface area contributed by atoms with Gasteiger partial charge in [-0.3, -0.25) is 0 Å². The fourth-order valence-corrected chi connectivity index (χ4v) is 0.202. The van der Waals surface area contributed by atoms with Crippen LogP contribution in [0.2, 0.25) is 0 Å². The van der Waals surface area contributed by atoms with Crippen LogP contribution in [0.3, 0.4) is 0 Å². The SMILES string of the molecule is O.On1ccnn1. The normalized spacial score (nSPS) is 7.43. The second kappa shape index (κ2) is 2.14. The lowest BCUT2D eigenvalue weighted by Crippen LogP contribution is -1.88. The maximum absolute atomic E-state index is 8.22. The molecule has 0 unspecified atom stereocenters. The Morgan fingerprint density at radius 2 is 2.29 bits per heavy atom. The van der Waals surface area contributed by atoms with Gasteiger partial charge in [0.1, 0.15) is 0 Å². The first-order valence-corrected chi connectivity index (χ1v) is 1.45. The van der Waals surface area contributed by atoms with E-state index in [0.29, 0.717) is 4.85 Å². The van der Waals surface area contributed by atoms with E-state index >= 15 is 0 Å². The van der Waals surface area contributed by atoms with Crippen molar-refractivity contribution in [2.24, 2.45) is 0 Å². The van der Waals surface area contributed by atoms with Gasteiger partial charge in [0.2, 0.25) is 0 Å². The smallest absolute Gasteiger partial charge is 0.0868 e. The van der Waals surface area contributed by atoms with Gasteiger partial charge in [0.25, 0.3) is 0 Å². The molecular weight excluding hydrogens is 98.0 g/mol. The van der Waals surface area contributed by atoms with Crippen LogP contribution in [0.25, 0.3) is 0 Å². The first-order valence-electron chi connectivity index (χ1n) is 1.45. The highest BCUT2D eigenvalue weighted by Crippen LogP contribution is 1.65. The van der Waals surface area contributed by atoms with Crippen LogP contribution >= 0.6 is 0 Å². The lowest BCUT2D eigenvalue weighted by Gasteiger charge is -1.74. The molecule has 3 N–H and O–H groups in total. The number of nitrogens with zero attached hydrogens (tertiary/aromatic N) is 3. The van der Waals surface area contributed by atoms with Crippen LogP contribution in [-0.2, 0) is 0 Å². The Labute approximate surface area is 39.5 Å². The van der Waals surface area contributed by atoms with Gasteiger partial charge in [0, 0.05) is 0 Å². The minimum Gasteiger partial charge on any atom is -0.412 e. The molecule has 5 nitrogen and oxygen atoms in total. The van der Waals surface area contributed by atoms with E-state index in [1.54, 1.807) is 0 Å². The average Bonchev–Trinajstić information content (AvgIpc) is 1.86. The van der Waals surface area contributed by atoms with E-state index in [-0.39, 0.29) is 5.48 Å². The Morgan fingerprint density at radius 1 is 1.57 bits per heavy atom. The molecule has 0 bridgehead atoms. The summed E-state index contributed by atoms with van der Waals surface area (Å²) in [6.45, 7) is 0. The number of rotatable bonds is 0. The summed E-state index contributed by atoms with van der Waals surface area (Å²) in [5.74, 6) is 0. The van der Waals surface area contributed by atoms with E-state index in [1.165, 1.54) is 12.4 Å². The molecule has 1 rings (SSSR count). The molecule has 0 saturated carbocycles. The maximum atomic E-state index is 8.22. The second-order valence-corrected chi connectivity index (χ2v) is 0.823. The van der Waals surface area contributed by atoms with E-state index in [2.05, 4.69) is 10.3 Å². The summed E-state index contributed by atoms with van der Waals surface area (Å²) in [5.41, 5.74) is 0. The monoisotopic (exact) mass is 103 g/mol. The van der Waals surface area contributed by atoms with Crippen LogP contribution in [0.5, 0.6) is 0 Å². The highest BCUT2D eigenvalue weighted by atomic mass is 16.5. The van der Waals surface area contributed by atoms with Gasteiger partial charge in [0.15, 0.2) is 0 Å². The van der Waals surface area contributed by atoms with Crippen molar-refractivity contribution in [3.05, 3.63) is 12.4 Å². The van der Waals surface area contributed by atoms with Crippen molar-refractivity contribution in [3.8, 4) is 0 Å². The van der Waals surface area contributed by atoms with Crippen LogP contribution in [0.4, 0.5) is 0 Å². The lowest BCUT2D eigenvalue weighted by atomic mass is 11.0. The molecule has 0 radical (unpaired) electrons. The molecule has 0 amide bonds. The predicted molar refractivity (Wildman–Crippen MR) is 20.8 cm³/mol. The summed E-state index contributed by atoms with van der Waals surface area (Å²) >= 11 is 0. The topological polar surface area (TPSA) is 82.4 Å². The van der Waals surface area contributed by atoms with Gasteiger partial charge in [-0.05, 0) is 5.21 Å². The first kappa shape index (κ1) is 5.90. The quantitative estimate of drug-likeness (QED) is 0.414. The van der Waals surface area contributed by atoms with Gasteiger partial charge in [-0.25, -0.2) is 0 Å². The van der Waals surface area contributed by atoms with Gasteiger partial charge >= 0.3 is 0 Å². The van der Waals surface area contributed by atoms with Gasteiger partial charge in [-0.2, -0.15) is 0 Å². The van der Waals surface area contributed by atoms with Crippen molar-refractivity contribution < 1.29 is 10.7 Å². The molecule has 1 aromatic heterocycles. The Hall–Kier alpha value is -1.10. The Morgan fingerprint density at radius 3 is 2.43 bits per heavy atom. The number of hydrogen-bond donors (Lipinski definition) is 1. The van der Waals surface area contributed by atoms with Crippen molar-refractivity contribution in [2.75, 3.05) is 0 Å². The van der Waals surface area contributed by atoms with E-state index in [1.807, 2.05) is 0 Å². The molecule has 1 aromatic rings. The minimum atomic E-state index is 0. The van der Waals surface area contributed by atoms with Crippen LogP contribution in [0.15, 0.2) is 12.4 Å². The molecular formula is C2H5N3O2. The summed E-state index contributed by atoms with van der Waals surface area (Å²) in [7, 11) is 0. The summed E-state index contributed by atoms with van der Waals surface area (Å²) < 4.78 is 0. The van der Waals surface area contributed by atoms with Crippen molar-refractivity contribution in [1.29, 1.82) is 0 Å². The van der Waals surface area contributed by atoms with E-state index in [0.717, 1.165) is 0 Å². The third-order valence-electron chi connectivity index (χ3n) is 0.410. The second-order valence-electron chi connectivity index (χ2n) is 0.823. The maximum Gasteiger partial charge on any atom is 0.0868 e. The molecule has 0 spiro atoms. The van der Waals surface area contributed by atoms with E-state index in [4.69, 9.17) is 5.21 Å². The third-order valence-corrected chi connectivity index (χ3v) is 0.410.